The Morgan fingerprint density at radius 3 is 2.71 bits per heavy atom. The Bertz CT molecular complexity index is 497. The third-order valence-electron chi connectivity index (χ3n) is 4.67. The summed E-state index contributed by atoms with van der Waals surface area (Å²) in [5.74, 6) is 0.511. The van der Waals surface area contributed by atoms with Crippen molar-refractivity contribution in [3.8, 4) is 0 Å². The second-order valence-electron chi connectivity index (χ2n) is 6.25. The fourth-order valence-corrected chi connectivity index (χ4v) is 3.39. The average Bonchev–Trinajstić information content (AvgIpc) is 2.95. The molecule has 3 rings (SSSR count). The summed E-state index contributed by atoms with van der Waals surface area (Å²) < 4.78 is 0. The van der Waals surface area contributed by atoms with Gasteiger partial charge in [0.25, 0.3) is 0 Å². The first-order valence-electron chi connectivity index (χ1n) is 8.14. The molecule has 2 saturated heterocycles. The van der Waals surface area contributed by atoms with Crippen LogP contribution in [0.1, 0.15) is 32.6 Å². The number of hydrogen-bond donors (Lipinski definition) is 2. The number of rotatable bonds is 3. The van der Waals surface area contributed by atoms with Gasteiger partial charge in [-0.05, 0) is 50.3 Å². The summed E-state index contributed by atoms with van der Waals surface area (Å²) >= 11 is 0. The van der Waals surface area contributed by atoms with Crippen molar-refractivity contribution in [2.24, 2.45) is 5.92 Å². The molecule has 21 heavy (non-hydrogen) atoms. The number of benzene rings is 1. The standard InChI is InChI=1S/C17H25N3O/c1-13-9-10-18-16(13)17(21)19-14-7-3-4-8-15(14)20-11-5-2-6-12-20/h3-4,7-8,13,16,18H,2,5-6,9-12H2,1H3,(H,19,21). The van der Waals surface area contributed by atoms with Crippen molar-refractivity contribution in [2.75, 3.05) is 29.9 Å². The van der Waals surface area contributed by atoms with Crippen LogP contribution < -0.4 is 15.5 Å². The van der Waals surface area contributed by atoms with Gasteiger partial charge < -0.3 is 15.5 Å². The quantitative estimate of drug-likeness (QED) is 0.898. The average molecular weight is 287 g/mol. The van der Waals surface area contributed by atoms with Crippen LogP contribution in [-0.4, -0.2) is 31.6 Å². The highest BCUT2D eigenvalue weighted by molar-refractivity contribution is 5.98. The molecule has 0 bridgehead atoms. The molecule has 0 saturated carbocycles. The van der Waals surface area contributed by atoms with Crippen LogP contribution in [0.15, 0.2) is 24.3 Å². The van der Waals surface area contributed by atoms with Gasteiger partial charge in [-0.15, -0.1) is 0 Å². The molecule has 2 aliphatic rings. The Morgan fingerprint density at radius 2 is 2.00 bits per heavy atom. The second-order valence-corrected chi connectivity index (χ2v) is 6.25. The topological polar surface area (TPSA) is 44.4 Å². The van der Waals surface area contributed by atoms with Crippen LogP contribution in [0.25, 0.3) is 0 Å². The number of nitrogens with one attached hydrogen (secondary N) is 2. The van der Waals surface area contributed by atoms with Gasteiger partial charge in [-0.25, -0.2) is 0 Å². The number of carbonyl (C=O) groups excluding carboxylic acids is 1. The SMILES string of the molecule is CC1CCNC1C(=O)Nc1ccccc1N1CCCCC1. The number of amides is 1. The van der Waals surface area contributed by atoms with Crippen molar-refractivity contribution in [3.05, 3.63) is 24.3 Å². The van der Waals surface area contributed by atoms with E-state index in [1.807, 2.05) is 12.1 Å². The second kappa shape index (κ2) is 6.48. The molecule has 2 fully saturated rings. The zero-order chi connectivity index (χ0) is 14.7. The lowest BCUT2D eigenvalue weighted by molar-refractivity contribution is -0.118. The Balaban J connectivity index is 1.74. The Morgan fingerprint density at radius 1 is 1.24 bits per heavy atom. The van der Waals surface area contributed by atoms with Crippen molar-refractivity contribution in [1.29, 1.82) is 0 Å². The molecule has 0 spiro atoms. The Kier molecular flexibility index (Phi) is 4.44. The predicted molar refractivity (Wildman–Crippen MR) is 86.7 cm³/mol. The number of hydrogen-bond acceptors (Lipinski definition) is 3. The molecule has 114 valence electrons. The lowest BCUT2D eigenvalue weighted by Crippen LogP contribution is -2.39. The lowest BCUT2D eigenvalue weighted by atomic mass is 10.0. The van der Waals surface area contributed by atoms with E-state index >= 15 is 0 Å². The summed E-state index contributed by atoms with van der Waals surface area (Å²) in [5.41, 5.74) is 2.11. The van der Waals surface area contributed by atoms with Crippen LogP contribution in [0.5, 0.6) is 0 Å². The number of para-hydroxylation sites is 2. The van der Waals surface area contributed by atoms with E-state index in [-0.39, 0.29) is 11.9 Å². The lowest BCUT2D eigenvalue weighted by Gasteiger charge is -2.30. The molecule has 2 N–H and O–H groups in total. The number of piperidine rings is 1. The van der Waals surface area contributed by atoms with Crippen LogP contribution >= 0.6 is 0 Å². The molecule has 0 aliphatic carbocycles. The molecular formula is C17H25N3O. The molecule has 0 aromatic heterocycles. The van der Waals surface area contributed by atoms with E-state index in [2.05, 4.69) is 34.6 Å². The number of nitrogens with zero attached hydrogens (tertiary/aromatic N) is 1. The van der Waals surface area contributed by atoms with E-state index in [4.69, 9.17) is 0 Å². The third kappa shape index (κ3) is 3.21. The zero-order valence-electron chi connectivity index (χ0n) is 12.8. The summed E-state index contributed by atoms with van der Waals surface area (Å²) in [7, 11) is 0. The van der Waals surface area contributed by atoms with Crippen molar-refractivity contribution >= 4 is 17.3 Å². The fourth-order valence-electron chi connectivity index (χ4n) is 3.39. The van der Waals surface area contributed by atoms with E-state index in [0.29, 0.717) is 5.92 Å². The molecule has 2 atom stereocenters. The molecule has 1 amide bonds. The van der Waals surface area contributed by atoms with Crippen molar-refractivity contribution < 1.29 is 4.79 Å². The molecule has 2 unspecified atom stereocenters. The highest BCUT2D eigenvalue weighted by atomic mass is 16.2. The molecular weight excluding hydrogens is 262 g/mol. The van der Waals surface area contributed by atoms with E-state index in [9.17, 15) is 4.79 Å². The molecule has 0 radical (unpaired) electrons. The van der Waals surface area contributed by atoms with Gasteiger partial charge >= 0.3 is 0 Å². The summed E-state index contributed by atoms with van der Waals surface area (Å²) in [4.78, 5) is 14.9. The van der Waals surface area contributed by atoms with Gasteiger partial charge in [-0.2, -0.15) is 0 Å². The largest absolute Gasteiger partial charge is 0.370 e. The maximum atomic E-state index is 12.5. The van der Waals surface area contributed by atoms with Gasteiger partial charge in [0, 0.05) is 13.1 Å². The third-order valence-corrected chi connectivity index (χ3v) is 4.67. The monoisotopic (exact) mass is 287 g/mol. The first kappa shape index (κ1) is 14.4. The van der Waals surface area contributed by atoms with Crippen molar-refractivity contribution in [2.45, 2.75) is 38.6 Å². The molecule has 4 heteroatoms. The predicted octanol–water partition coefficient (Wildman–Crippen LogP) is 2.61. The van der Waals surface area contributed by atoms with Gasteiger partial charge in [0.15, 0.2) is 0 Å². The highest BCUT2D eigenvalue weighted by Gasteiger charge is 2.29. The van der Waals surface area contributed by atoms with Crippen LogP contribution in [0.2, 0.25) is 0 Å². The van der Waals surface area contributed by atoms with Crippen molar-refractivity contribution in [3.63, 3.8) is 0 Å². The van der Waals surface area contributed by atoms with E-state index in [1.165, 1.54) is 19.3 Å². The minimum Gasteiger partial charge on any atom is -0.370 e. The minimum absolute atomic E-state index is 0.0561. The number of carbonyl (C=O) groups is 1. The smallest absolute Gasteiger partial charge is 0.241 e. The van der Waals surface area contributed by atoms with E-state index in [1.54, 1.807) is 0 Å². The Labute approximate surface area is 126 Å². The maximum absolute atomic E-state index is 12.5. The van der Waals surface area contributed by atoms with Gasteiger partial charge in [0.2, 0.25) is 5.91 Å². The maximum Gasteiger partial charge on any atom is 0.241 e. The van der Waals surface area contributed by atoms with Crippen LogP contribution in [0.4, 0.5) is 11.4 Å². The Hall–Kier alpha value is -1.55. The van der Waals surface area contributed by atoms with Crippen molar-refractivity contribution in [1.82, 2.24) is 5.32 Å². The molecule has 1 aromatic rings. The van der Waals surface area contributed by atoms with Crippen LogP contribution in [0, 0.1) is 5.92 Å². The summed E-state index contributed by atoms with van der Waals surface area (Å²) in [5, 5.41) is 6.44. The fraction of sp³-hybridized carbons (Fsp3) is 0.588. The van der Waals surface area contributed by atoms with Crippen LogP contribution in [-0.2, 0) is 4.79 Å². The van der Waals surface area contributed by atoms with E-state index < -0.39 is 0 Å². The molecule has 2 heterocycles. The highest BCUT2D eigenvalue weighted by Crippen LogP contribution is 2.29. The summed E-state index contributed by atoms with van der Waals surface area (Å²) in [6.07, 6.45) is 4.87. The van der Waals surface area contributed by atoms with E-state index in [0.717, 1.165) is 37.4 Å². The van der Waals surface area contributed by atoms with Gasteiger partial charge in [0.05, 0.1) is 17.4 Å². The molecule has 2 aliphatic heterocycles. The number of anilines is 2. The van der Waals surface area contributed by atoms with Gasteiger partial charge in [-0.1, -0.05) is 19.1 Å². The molecule has 1 aromatic carbocycles. The van der Waals surface area contributed by atoms with Crippen LogP contribution in [0.3, 0.4) is 0 Å². The van der Waals surface area contributed by atoms with Gasteiger partial charge in [-0.3, -0.25) is 4.79 Å². The first-order chi connectivity index (χ1) is 10.3. The first-order valence-corrected chi connectivity index (χ1v) is 8.14. The molecule has 4 nitrogen and oxygen atoms in total. The normalized spacial score (nSPS) is 25.9. The zero-order valence-corrected chi connectivity index (χ0v) is 12.8. The minimum atomic E-state index is -0.0561. The summed E-state index contributed by atoms with van der Waals surface area (Å²) in [6.45, 7) is 5.25. The summed E-state index contributed by atoms with van der Waals surface area (Å²) in [6, 6.07) is 8.12. The van der Waals surface area contributed by atoms with Gasteiger partial charge in [0.1, 0.15) is 0 Å².